The minimum absolute atomic E-state index is 0.293. The summed E-state index contributed by atoms with van der Waals surface area (Å²) in [6, 6.07) is 8.64. The van der Waals surface area contributed by atoms with Gasteiger partial charge < -0.3 is 25.2 Å². The van der Waals surface area contributed by atoms with E-state index in [4.69, 9.17) is 9.73 Å². The van der Waals surface area contributed by atoms with Crippen LogP contribution in [0.1, 0.15) is 31.7 Å². The van der Waals surface area contributed by atoms with Crippen molar-refractivity contribution in [3.63, 3.8) is 0 Å². The standard InChI is InChI=1S/C21H33N5O2/c1-2-22-21(23-10-4-12-26-11-3-5-20(26)27)24-17-18-6-8-19(9-7-18)25-13-15-28-16-14-25/h6-9H,2-5,10-17H2,1H3,(H2,22,23,24). The summed E-state index contributed by atoms with van der Waals surface area (Å²) >= 11 is 0. The highest BCUT2D eigenvalue weighted by atomic mass is 16.5. The fraction of sp³-hybridized carbons (Fsp3) is 0.619. The lowest BCUT2D eigenvalue weighted by Gasteiger charge is -2.28. The molecule has 0 radical (unpaired) electrons. The third-order valence-electron chi connectivity index (χ3n) is 5.15. The van der Waals surface area contributed by atoms with Gasteiger partial charge in [-0.1, -0.05) is 12.1 Å². The Morgan fingerprint density at radius 1 is 1.14 bits per heavy atom. The van der Waals surface area contributed by atoms with E-state index in [1.165, 1.54) is 11.3 Å². The molecule has 0 spiro atoms. The number of ether oxygens (including phenoxy) is 1. The summed E-state index contributed by atoms with van der Waals surface area (Å²) in [7, 11) is 0. The van der Waals surface area contributed by atoms with E-state index in [1.54, 1.807) is 0 Å². The van der Waals surface area contributed by atoms with Gasteiger partial charge in [0.25, 0.3) is 0 Å². The predicted molar refractivity (Wildman–Crippen MR) is 113 cm³/mol. The van der Waals surface area contributed by atoms with Crippen molar-refractivity contribution in [1.82, 2.24) is 15.5 Å². The van der Waals surface area contributed by atoms with Crippen LogP contribution in [0.4, 0.5) is 5.69 Å². The molecule has 3 rings (SSSR count). The van der Waals surface area contributed by atoms with Crippen molar-refractivity contribution in [3.8, 4) is 0 Å². The first-order chi connectivity index (χ1) is 13.8. The van der Waals surface area contributed by atoms with E-state index in [9.17, 15) is 4.79 Å². The zero-order valence-corrected chi connectivity index (χ0v) is 17.0. The molecule has 28 heavy (non-hydrogen) atoms. The molecule has 2 N–H and O–H groups in total. The summed E-state index contributed by atoms with van der Waals surface area (Å²) < 4.78 is 5.41. The largest absolute Gasteiger partial charge is 0.378 e. The highest BCUT2D eigenvalue weighted by molar-refractivity contribution is 5.79. The molecule has 0 aliphatic carbocycles. The third-order valence-corrected chi connectivity index (χ3v) is 5.15. The van der Waals surface area contributed by atoms with E-state index in [0.29, 0.717) is 18.9 Å². The van der Waals surface area contributed by atoms with Crippen molar-refractivity contribution in [3.05, 3.63) is 29.8 Å². The molecule has 7 heteroatoms. The molecule has 1 aromatic rings. The molecule has 2 aliphatic rings. The number of aliphatic imine (C=N–C) groups is 1. The summed E-state index contributed by atoms with van der Waals surface area (Å²) in [5.74, 6) is 1.12. The number of nitrogens with one attached hydrogen (secondary N) is 2. The van der Waals surface area contributed by atoms with Crippen molar-refractivity contribution in [2.75, 3.05) is 57.4 Å². The molecule has 0 aromatic heterocycles. The number of hydrogen-bond acceptors (Lipinski definition) is 4. The lowest BCUT2D eigenvalue weighted by Crippen LogP contribution is -2.39. The topological polar surface area (TPSA) is 69.2 Å². The molecule has 1 amide bonds. The molecule has 7 nitrogen and oxygen atoms in total. The maximum Gasteiger partial charge on any atom is 0.222 e. The van der Waals surface area contributed by atoms with Crippen molar-refractivity contribution >= 4 is 17.6 Å². The van der Waals surface area contributed by atoms with Crippen LogP contribution in [0.15, 0.2) is 29.3 Å². The molecule has 2 aliphatic heterocycles. The number of benzene rings is 1. The van der Waals surface area contributed by atoms with Gasteiger partial charge in [-0.3, -0.25) is 4.79 Å². The van der Waals surface area contributed by atoms with Crippen LogP contribution in [0.25, 0.3) is 0 Å². The van der Waals surface area contributed by atoms with E-state index in [1.807, 2.05) is 4.90 Å². The van der Waals surface area contributed by atoms with Gasteiger partial charge in [0.1, 0.15) is 0 Å². The first kappa shape index (κ1) is 20.5. The molecule has 0 saturated carbocycles. The number of carbonyl (C=O) groups excluding carboxylic acids is 1. The van der Waals surface area contributed by atoms with Crippen LogP contribution >= 0.6 is 0 Å². The maximum absolute atomic E-state index is 11.6. The molecule has 0 atom stereocenters. The maximum atomic E-state index is 11.6. The number of morpholine rings is 1. The third kappa shape index (κ3) is 6.12. The van der Waals surface area contributed by atoms with E-state index < -0.39 is 0 Å². The number of guanidine groups is 1. The molecular weight excluding hydrogens is 354 g/mol. The molecule has 2 heterocycles. The zero-order chi connectivity index (χ0) is 19.6. The van der Waals surface area contributed by atoms with E-state index in [2.05, 4.69) is 46.7 Å². The smallest absolute Gasteiger partial charge is 0.222 e. The minimum atomic E-state index is 0.293. The Labute approximate surface area is 168 Å². The van der Waals surface area contributed by atoms with Gasteiger partial charge in [0, 0.05) is 51.4 Å². The van der Waals surface area contributed by atoms with Crippen LogP contribution in [0.5, 0.6) is 0 Å². The van der Waals surface area contributed by atoms with Gasteiger partial charge in [-0.25, -0.2) is 4.99 Å². The number of anilines is 1. The fourth-order valence-corrected chi connectivity index (χ4v) is 3.56. The Morgan fingerprint density at radius 2 is 1.93 bits per heavy atom. The Morgan fingerprint density at radius 3 is 2.61 bits per heavy atom. The van der Waals surface area contributed by atoms with Crippen molar-refractivity contribution < 1.29 is 9.53 Å². The van der Waals surface area contributed by atoms with Crippen LogP contribution in [-0.2, 0) is 16.1 Å². The minimum Gasteiger partial charge on any atom is -0.378 e. The molecule has 154 valence electrons. The normalized spacial score (nSPS) is 17.9. The average molecular weight is 388 g/mol. The molecule has 2 fully saturated rings. The second-order valence-electron chi connectivity index (χ2n) is 7.23. The lowest BCUT2D eigenvalue weighted by molar-refractivity contribution is -0.127. The Hall–Kier alpha value is -2.28. The monoisotopic (exact) mass is 387 g/mol. The van der Waals surface area contributed by atoms with E-state index in [0.717, 1.165) is 71.3 Å². The summed E-state index contributed by atoms with van der Waals surface area (Å²) in [5.41, 5.74) is 2.44. The number of hydrogen-bond donors (Lipinski definition) is 2. The van der Waals surface area contributed by atoms with Crippen LogP contribution < -0.4 is 15.5 Å². The van der Waals surface area contributed by atoms with Crippen LogP contribution in [0, 0.1) is 0 Å². The molecule has 0 unspecified atom stereocenters. The number of likely N-dealkylation sites (tertiary alicyclic amines) is 1. The van der Waals surface area contributed by atoms with Crippen LogP contribution in [-0.4, -0.2) is 69.2 Å². The number of rotatable bonds is 8. The lowest BCUT2D eigenvalue weighted by atomic mass is 10.2. The van der Waals surface area contributed by atoms with E-state index in [-0.39, 0.29) is 0 Å². The van der Waals surface area contributed by atoms with Gasteiger partial charge in [0.2, 0.25) is 5.91 Å². The number of nitrogens with zero attached hydrogens (tertiary/aromatic N) is 3. The first-order valence-corrected chi connectivity index (χ1v) is 10.5. The second kappa shape index (κ2) is 10.9. The average Bonchev–Trinajstić information content (AvgIpc) is 3.15. The van der Waals surface area contributed by atoms with Gasteiger partial charge in [-0.15, -0.1) is 0 Å². The van der Waals surface area contributed by atoms with Gasteiger partial charge in [-0.05, 0) is 37.5 Å². The molecular formula is C21H33N5O2. The van der Waals surface area contributed by atoms with Crippen molar-refractivity contribution in [2.24, 2.45) is 4.99 Å². The number of amides is 1. The summed E-state index contributed by atoms with van der Waals surface area (Å²) in [4.78, 5) is 20.7. The summed E-state index contributed by atoms with van der Waals surface area (Å²) in [6.45, 7) is 9.59. The van der Waals surface area contributed by atoms with Gasteiger partial charge in [0.15, 0.2) is 5.96 Å². The molecule has 0 bridgehead atoms. The van der Waals surface area contributed by atoms with Crippen LogP contribution in [0.2, 0.25) is 0 Å². The predicted octanol–water partition coefficient (Wildman–Crippen LogP) is 1.59. The highest BCUT2D eigenvalue weighted by Crippen LogP contribution is 2.17. The van der Waals surface area contributed by atoms with Gasteiger partial charge >= 0.3 is 0 Å². The SMILES string of the molecule is CCNC(=NCc1ccc(N2CCOCC2)cc1)NCCCN1CCCC1=O. The van der Waals surface area contributed by atoms with Crippen molar-refractivity contribution in [2.45, 2.75) is 32.7 Å². The Kier molecular flexibility index (Phi) is 7.96. The Bertz CT molecular complexity index is 641. The van der Waals surface area contributed by atoms with Gasteiger partial charge in [-0.2, -0.15) is 0 Å². The van der Waals surface area contributed by atoms with Crippen molar-refractivity contribution in [1.29, 1.82) is 0 Å². The quantitative estimate of drug-likeness (QED) is 0.403. The van der Waals surface area contributed by atoms with E-state index >= 15 is 0 Å². The molecule has 1 aromatic carbocycles. The molecule has 2 saturated heterocycles. The van der Waals surface area contributed by atoms with Gasteiger partial charge in [0.05, 0.1) is 19.8 Å². The first-order valence-electron chi connectivity index (χ1n) is 10.5. The summed E-state index contributed by atoms with van der Waals surface area (Å²) in [6.07, 6.45) is 2.65. The highest BCUT2D eigenvalue weighted by Gasteiger charge is 2.18. The zero-order valence-electron chi connectivity index (χ0n) is 17.0. The number of carbonyl (C=O) groups is 1. The van der Waals surface area contributed by atoms with Crippen LogP contribution in [0.3, 0.4) is 0 Å². The summed E-state index contributed by atoms with van der Waals surface area (Å²) in [5, 5.41) is 6.66. The Balaban J connectivity index is 1.44. The fourth-order valence-electron chi connectivity index (χ4n) is 3.56. The second-order valence-corrected chi connectivity index (χ2v) is 7.23.